The fourth-order valence-corrected chi connectivity index (χ4v) is 6.89. The molecule has 154 valence electrons. The van der Waals surface area contributed by atoms with Crippen molar-refractivity contribution in [2.75, 3.05) is 26.0 Å². The maximum absolute atomic E-state index is 13.1. The molecule has 7 heteroatoms. The van der Waals surface area contributed by atoms with Gasteiger partial charge in [0, 0.05) is 25.7 Å². The minimum absolute atomic E-state index is 0.0474. The minimum atomic E-state index is -3.67. The lowest BCUT2D eigenvalue weighted by atomic mass is 9.51. The smallest absolute Gasteiger partial charge is 0.246 e. The molecule has 5 rings (SSSR count). The highest BCUT2D eigenvalue weighted by Gasteiger charge is 2.50. The number of carbonyl (C=O) groups excluding carboxylic acids is 1. The second-order valence-electron chi connectivity index (χ2n) is 8.83. The van der Waals surface area contributed by atoms with Crippen LogP contribution in [0.4, 0.5) is 5.69 Å². The molecule has 4 aliphatic rings. The Morgan fingerprint density at radius 1 is 1.11 bits per heavy atom. The van der Waals surface area contributed by atoms with Gasteiger partial charge in [-0.1, -0.05) is 0 Å². The maximum Gasteiger partial charge on any atom is 0.246 e. The number of benzene rings is 1. The molecular formula is C21H30N2O4S. The topological polar surface area (TPSA) is 75.7 Å². The van der Waals surface area contributed by atoms with Crippen molar-refractivity contribution in [1.29, 1.82) is 0 Å². The Bertz CT molecular complexity index is 837. The SMILES string of the molecule is CCOc1ccc(NC(=O)C2C3CC4CC(C3)CC2C4)cc1S(=O)(=O)N(C)C. The van der Waals surface area contributed by atoms with Gasteiger partial charge >= 0.3 is 0 Å². The molecule has 1 aromatic rings. The Kier molecular flexibility index (Phi) is 5.16. The summed E-state index contributed by atoms with van der Waals surface area (Å²) in [5.74, 6) is 3.03. The number of carbonyl (C=O) groups is 1. The van der Waals surface area contributed by atoms with Gasteiger partial charge in [-0.15, -0.1) is 0 Å². The molecule has 1 N–H and O–H groups in total. The third kappa shape index (κ3) is 3.43. The lowest BCUT2D eigenvalue weighted by Gasteiger charge is -2.53. The van der Waals surface area contributed by atoms with Gasteiger partial charge in [-0.3, -0.25) is 4.79 Å². The maximum atomic E-state index is 13.1. The summed E-state index contributed by atoms with van der Waals surface area (Å²) in [7, 11) is -0.691. The number of nitrogens with zero attached hydrogens (tertiary/aromatic N) is 1. The van der Waals surface area contributed by atoms with Gasteiger partial charge in [0.25, 0.3) is 0 Å². The largest absolute Gasteiger partial charge is 0.492 e. The van der Waals surface area contributed by atoms with Crippen LogP contribution in [0, 0.1) is 29.6 Å². The molecule has 0 radical (unpaired) electrons. The van der Waals surface area contributed by atoms with E-state index in [1.165, 1.54) is 52.3 Å². The first-order valence-corrected chi connectivity index (χ1v) is 11.7. The summed E-state index contributed by atoms with van der Waals surface area (Å²) in [6, 6.07) is 4.88. The van der Waals surface area contributed by atoms with Crippen LogP contribution in [0.3, 0.4) is 0 Å². The summed E-state index contributed by atoms with van der Waals surface area (Å²) < 4.78 is 32.1. The molecule has 0 saturated heterocycles. The van der Waals surface area contributed by atoms with Crippen LogP contribution >= 0.6 is 0 Å². The normalized spacial score (nSPS) is 31.2. The monoisotopic (exact) mass is 406 g/mol. The highest BCUT2D eigenvalue weighted by atomic mass is 32.2. The second-order valence-corrected chi connectivity index (χ2v) is 10.9. The van der Waals surface area contributed by atoms with Crippen molar-refractivity contribution in [2.24, 2.45) is 29.6 Å². The van der Waals surface area contributed by atoms with Gasteiger partial charge in [-0.25, -0.2) is 12.7 Å². The van der Waals surface area contributed by atoms with Crippen LogP contribution < -0.4 is 10.1 Å². The standard InChI is InChI=1S/C21H30N2O4S/c1-4-27-18-6-5-17(12-19(18)28(25,26)23(2)3)22-21(24)20-15-8-13-7-14(10-15)11-16(20)9-13/h5-6,12-16,20H,4,7-11H2,1-3H3,(H,22,24). The zero-order valence-electron chi connectivity index (χ0n) is 16.8. The van der Waals surface area contributed by atoms with Gasteiger partial charge in [0.1, 0.15) is 10.6 Å². The first kappa shape index (κ1) is 19.7. The lowest BCUT2D eigenvalue weighted by Crippen LogP contribution is -2.49. The van der Waals surface area contributed by atoms with E-state index in [2.05, 4.69) is 5.32 Å². The number of sulfonamides is 1. The van der Waals surface area contributed by atoms with E-state index >= 15 is 0 Å². The van der Waals surface area contributed by atoms with Crippen molar-refractivity contribution in [2.45, 2.75) is 43.9 Å². The highest BCUT2D eigenvalue weighted by molar-refractivity contribution is 7.89. The van der Waals surface area contributed by atoms with Crippen molar-refractivity contribution in [3.8, 4) is 5.75 Å². The summed E-state index contributed by atoms with van der Waals surface area (Å²) in [4.78, 5) is 13.2. The zero-order chi connectivity index (χ0) is 20.1. The number of anilines is 1. The molecule has 1 amide bonds. The predicted octanol–water partition coefficient (Wildman–Crippen LogP) is 3.35. The fourth-order valence-electron chi connectivity index (χ4n) is 5.84. The highest BCUT2D eigenvalue weighted by Crippen LogP contribution is 2.56. The molecule has 1 aromatic carbocycles. The van der Waals surface area contributed by atoms with Crippen LogP contribution in [0.25, 0.3) is 0 Å². The van der Waals surface area contributed by atoms with Crippen LogP contribution in [-0.4, -0.2) is 39.3 Å². The number of rotatable bonds is 6. The molecule has 0 aromatic heterocycles. The van der Waals surface area contributed by atoms with E-state index in [1.807, 2.05) is 6.92 Å². The molecule has 6 nitrogen and oxygen atoms in total. The minimum Gasteiger partial charge on any atom is -0.492 e. The summed E-state index contributed by atoms with van der Waals surface area (Å²) in [6.45, 7) is 2.18. The summed E-state index contributed by atoms with van der Waals surface area (Å²) in [6.07, 6.45) is 6.05. The average Bonchev–Trinajstić information content (AvgIpc) is 2.62. The van der Waals surface area contributed by atoms with E-state index in [4.69, 9.17) is 4.74 Å². The third-order valence-electron chi connectivity index (χ3n) is 6.80. The van der Waals surface area contributed by atoms with Gasteiger partial charge in [0.15, 0.2) is 0 Å². The molecule has 0 aliphatic heterocycles. The number of ether oxygens (including phenoxy) is 1. The van der Waals surface area contributed by atoms with Crippen molar-refractivity contribution in [3.63, 3.8) is 0 Å². The van der Waals surface area contributed by atoms with E-state index in [9.17, 15) is 13.2 Å². The molecule has 0 unspecified atom stereocenters. The van der Waals surface area contributed by atoms with Crippen molar-refractivity contribution >= 4 is 21.6 Å². The van der Waals surface area contributed by atoms with Crippen LogP contribution in [0.2, 0.25) is 0 Å². The van der Waals surface area contributed by atoms with E-state index in [1.54, 1.807) is 12.1 Å². The van der Waals surface area contributed by atoms with E-state index in [0.717, 1.165) is 16.1 Å². The number of hydrogen-bond acceptors (Lipinski definition) is 4. The Hall–Kier alpha value is -1.60. The first-order chi connectivity index (χ1) is 13.3. The Balaban J connectivity index is 1.57. The number of nitrogens with one attached hydrogen (secondary N) is 1. The Morgan fingerprint density at radius 3 is 2.25 bits per heavy atom. The fraction of sp³-hybridized carbons (Fsp3) is 0.667. The quantitative estimate of drug-likeness (QED) is 0.786. The molecule has 4 fully saturated rings. The van der Waals surface area contributed by atoms with E-state index in [0.29, 0.717) is 29.9 Å². The first-order valence-electron chi connectivity index (χ1n) is 10.3. The summed E-state index contributed by atoms with van der Waals surface area (Å²) in [5.41, 5.74) is 0.516. The molecule has 28 heavy (non-hydrogen) atoms. The molecular weight excluding hydrogens is 376 g/mol. The van der Waals surface area contributed by atoms with Crippen LogP contribution in [0.15, 0.2) is 23.1 Å². The van der Waals surface area contributed by atoms with E-state index < -0.39 is 10.0 Å². The van der Waals surface area contributed by atoms with Crippen molar-refractivity contribution < 1.29 is 17.9 Å². The lowest BCUT2D eigenvalue weighted by molar-refractivity contribution is -0.132. The van der Waals surface area contributed by atoms with Crippen LogP contribution in [0.5, 0.6) is 5.75 Å². The molecule has 0 atom stereocenters. The van der Waals surface area contributed by atoms with Crippen molar-refractivity contribution in [3.05, 3.63) is 18.2 Å². The predicted molar refractivity (Wildman–Crippen MR) is 108 cm³/mol. The number of amides is 1. The molecule has 4 bridgehead atoms. The zero-order valence-corrected chi connectivity index (χ0v) is 17.7. The molecule has 0 heterocycles. The van der Waals surface area contributed by atoms with Gasteiger partial charge in [0.2, 0.25) is 15.9 Å². The van der Waals surface area contributed by atoms with Gasteiger partial charge in [0.05, 0.1) is 6.61 Å². The summed E-state index contributed by atoms with van der Waals surface area (Å²) >= 11 is 0. The van der Waals surface area contributed by atoms with Gasteiger partial charge in [-0.05, 0) is 80.9 Å². The number of hydrogen-bond donors (Lipinski definition) is 1. The third-order valence-corrected chi connectivity index (χ3v) is 8.64. The molecule has 4 saturated carbocycles. The average molecular weight is 407 g/mol. The Labute approximate surface area is 167 Å². The van der Waals surface area contributed by atoms with Crippen LogP contribution in [-0.2, 0) is 14.8 Å². The molecule has 4 aliphatic carbocycles. The Morgan fingerprint density at radius 2 is 1.71 bits per heavy atom. The van der Waals surface area contributed by atoms with Crippen LogP contribution in [0.1, 0.15) is 39.0 Å². The van der Waals surface area contributed by atoms with Crippen molar-refractivity contribution in [1.82, 2.24) is 4.31 Å². The van der Waals surface area contributed by atoms with E-state index in [-0.39, 0.29) is 16.7 Å². The summed E-state index contributed by atoms with van der Waals surface area (Å²) in [5, 5.41) is 3.01. The second kappa shape index (κ2) is 7.34. The van der Waals surface area contributed by atoms with Gasteiger partial charge < -0.3 is 10.1 Å². The molecule has 0 spiro atoms. The van der Waals surface area contributed by atoms with Gasteiger partial charge in [-0.2, -0.15) is 0 Å².